The zero-order chi connectivity index (χ0) is 14.1. The minimum absolute atomic E-state index is 0.0195. The first-order chi connectivity index (χ1) is 9.65. The predicted octanol–water partition coefficient (Wildman–Crippen LogP) is 3.22. The fraction of sp³-hybridized carbons (Fsp3) is 0.154. The van der Waals surface area contributed by atoms with Crippen molar-refractivity contribution in [3.8, 4) is 0 Å². The molecule has 0 saturated carbocycles. The summed E-state index contributed by atoms with van der Waals surface area (Å²) in [6.07, 6.45) is 1.66. The lowest BCUT2D eigenvalue weighted by molar-refractivity contribution is -0.389. The topological polar surface area (TPSA) is 72.5 Å². The molecule has 2 heterocycles. The summed E-state index contributed by atoms with van der Waals surface area (Å²) < 4.78 is 1.49. The summed E-state index contributed by atoms with van der Waals surface area (Å²) in [5.74, 6) is 0.289. The lowest BCUT2D eigenvalue weighted by Gasteiger charge is -2.04. The number of hydrogen-bond acceptors (Lipinski definition) is 5. The van der Waals surface area contributed by atoms with Gasteiger partial charge in [-0.25, -0.2) is 0 Å². The van der Waals surface area contributed by atoms with Crippen molar-refractivity contribution in [3.05, 3.63) is 57.1 Å². The third-order valence-corrected chi connectivity index (χ3v) is 3.71. The quantitative estimate of drug-likeness (QED) is 0.591. The molecule has 3 aromatic rings. The summed E-state index contributed by atoms with van der Waals surface area (Å²) in [5.41, 5.74) is 2.22. The Bertz CT molecular complexity index is 778. The average molecular weight is 288 g/mol. The molecule has 0 aliphatic carbocycles. The number of anilines is 1. The van der Waals surface area contributed by atoms with Gasteiger partial charge in [0.25, 0.3) is 4.96 Å². The number of imidazole rings is 1. The standard InChI is InChI=1S/C13H12N4O2S/c1-9-3-2-4-10(7-9)8-14-11-12(17(18)19)16-5-6-20-13(16)15-11/h2-7,14H,8H2,1H3. The van der Waals surface area contributed by atoms with Gasteiger partial charge in [0.15, 0.2) is 0 Å². The van der Waals surface area contributed by atoms with Crippen LogP contribution in [0, 0.1) is 17.0 Å². The highest BCUT2D eigenvalue weighted by Gasteiger charge is 2.23. The molecular formula is C13H12N4O2S. The van der Waals surface area contributed by atoms with E-state index in [1.165, 1.54) is 15.7 Å². The number of fused-ring (bicyclic) bond motifs is 1. The normalized spacial score (nSPS) is 10.8. The van der Waals surface area contributed by atoms with Gasteiger partial charge in [0.05, 0.1) is 0 Å². The highest BCUT2D eigenvalue weighted by molar-refractivity contribution is 7.15. The lowest BCUT2D eigenvalue weighted by atomic mass is 10.1. The molecule has 0 radical (unpaired) electrons. The van der Waals surface area contributed by atoms with Gasteiger partial charge in [-0.2, -0.15) is 9.38 Å². The van der Waals surface area contributed by atoms with E-state index in [4.69, 9.17) is 0 Å². The molecule has 0 saturated heterocycles. The van der Waals surface area contributed by atoms with E-state index in [9.17, 15) is 10.1 Å². The van der Waals surface area contributed by atoms with Crippen LogP contribution in [0.1, 0.15) is 11.1 Å². The van der Waals surface area contributed by atoms with Crippen molar-refractivity contribution in [3.63, 3.8) is 0 Å². The van der Waals surface area contributed by atoms with E-state index >= 15 is 0 Å². The molecule has 0 amide bonds. The molecule has 6 nitrogen and oxygen atoms in total. The van der Waals surface area contributed by atoms with E-state index in [-0.39, 0.29) is 5.82 Å². The number of aromatic nitrogens is 2. The van der Waals surface area contributed by atoms with Crippen LogP contribution in [0.25, 0.3) is 4.96 Å². The van der Waals surface area contributed by atoms with Gasteiger partial charge in [-0.05, 0) is 17.4 Å². The van der Waals surface area contributed by atoms with Crippen molar-refractivity contribution >= 4 is 27.9 Å². The van der Waals surface area contributed by atoms with Crippen LogP contribution in [0.5, 0.6) is 0 Å². The minimum Gasteiger partial charge on any atom is -0.359 e. The molecule has 0 fully saturated rings. The van der Waals surface area contributed by atoms with E-state index in [1.54, 1.807) is 11.6 Å². The minimum atomic E-state index is -0.411. The summed E-state index contributed by atoms with van der Waals surface area (Å²) in [6.45, 7) is 2.52. The van der Waals surface area contributed by atoms with Crippen LogP contribution in [0.4, 0.5) is 11.6 Å². The molecule has 0 unspecified atom stereocenters. The lowest BCUT2D eigenvalue weighted by Crippen LogP contribution is -2.03. The Morgan fingerprint density at radius 3 is 3.10 bits per heavy atom. The van der Waals surface area contributed by atoms with E-state index in [1.807, 2.05) is 31.2 Å². The van der Waals surface area contributed by atoms with Gasteiger partial charge in [-0.1, -0.05) is 41.2 Å². The van der Waals surface area contributed by atoms with Crippen LogP contribution in [-0.4, -0.2) is 14.3 Å². The molecule has 7 heteroatoms. The third kappa shape index (κ3) is 2.23. The van der Waals surface area contributed by atoms with Crippen LogP contribution in [-0.2, 0) is 6.54 Å². The van der Waals surface area contributed by atoms with Crippen molar-refractivity contribution < 1.29 is 4.92 Å². The van der Waals surface area contributed by atoms with Crippen LogP contribution in [0.2, 0.25) is 0 Å². The number of thiazole rings is 1. The van der Waals surface area contributed by atoms with Crippen molar-refractivity contribution in [2.75, 3.05) is 5.32 Å². The van der Waals surface area contributed by atoms with Gasteiger partial charge in [-0.15, -0.1) is 0 Å². The summed E-state index contributed by atoms with van der Waals surface area (Å²) in [7, 11) is 0. The van der Waals surface area contributed by atoms with Gasteiger partial charge in [0.2, 0.25) is 5.82 Å². The van der Waals surface area contributed by atoms with Crippen LogP contribution in [0.15, 0.2) is 35.8 Å². The Balaban J connectivity index is 1.89. The molecule has 0 aliphatic heterocycles. The summed E-state index contributed by atoms with van der Waals surface area (Å²) in [4.78, 5) is 15.6. The van der Waals surface area contributed by atoms with Crippen molar-refractivity contribution in [1.82, 2.24) is 9.38 Å². The second-order valence-electron chi connectivity index (χ2n) is 4.44. The number of nitrogens with zero attached hydrogens (tertiary/aromatic N) is 3. The molecule has 1 aromatic carbocycles. The molecule has 102 valence electrons. The Morgan fingerprint density at radius 2 is 2.35 bits per heavy atom. The highest BCUT2D eigenvalue weighted by atomic mass is 32.1. The smallest absolute Gasteiger partial charge is 0.359 e. The first-order valence-electron chi connectivity index (χ1n) is 6.04. The van der Waals surface area contributed by atoms with Crippen molar-refractivity contribution in [1.29, 1.82) is 0 Å². The Labute approximate surface area is 118 Å². The third-order valence-electron chi connectivity index (χ3n) is 2.95. The zero-order valence-corrected chi connectivity index (χ0v) is 11.6. The van der Waals surface area contributed by atoms with E-state index in [0.29, 0.717) is 17.3 Å². The van der Waals surface area contributed by atoms with Gasteiger partial charge in [0, 0.05) is 11.9 Å². The average Bonchev–Trinajstić information content (AvgIpc) is 2.95. The Hall–Kier alpha value is -2.41. The molecule has 0 spiro atoms. The first-order valence-corrected chi connectivity index (χ1v) is 6.92. The van der Waals surface area contributed by atoms with E-state index in [0.717, 1.165) is 11.1 Å². The van der Waals surface area contributed by atoms with Crippen molar-refractivity contribution in [2.45, 2.75) is 13.5 Å². The van der Waals surface area contributed by atoms with Crippen LogP contribution in [0.3, 0.4) is 0 Å². The maximum atomic E-state index is 11.2. The second kappa shape index (κ2) is 4.93. The summed E-state index contributed by atoms with van der Waals surface area (Å²) in [5, 5.41) is 16.0. The van der Waals surface area contributed by atoms with E-state index < -0.39 is 4.92 Å². The fourth-order valence-corrected chi connectivity index (χ4v) is 2.78. The van der Waals surface area contributed by atoms with Gasteiger partial charge in [0.1, 0.15) is 6.20 Å². The Morgan fingerprint density at radius 1 is 1.50 bits per heavy atom. The van der Waals surface area contributed by atoms with Gasteiger partial charge < -0.3 is 15.4 Å². The summed E-state index contributed by atoms with van der Waals surface area (Å²) in [6, 6.07) is 7.99. The molecule has 2 aromatic heterocycles. The predicted molar refractivity (Wildman–Crippen MR) is 78.2 cm³/mol. The first kappa shape index (κ1) is 12.6. The molecule has 0 bridgehead atoms. The largest absolute Gasteiger partial charge is 0.372 e. The maximum Gasteiger partial charge on any atom is 0.372 e. The Kier molecular flexibility index (Phi) is 3.11. The molecular weight excluding hydrogens is 276 g/mol. The number of nitro groups is 1. The molecule has 1 N–H and O–H groups in total. The maximum absolute atomic E-state index is 11.2. The number of nitrogens with one attached hydrogen (secondary N) is 1. The monoisotopic (exact) mass is 288 g/mol. The van der Waals surface area contributed by atoms with E-state index in [2.05, 4.69) is 10.3 Å². The molecule has 3 rings (SSSR count). The number of hydrogen-bond donors (Lipinski definition) is 1. The van der Waals surface area contributed by atoms with Gasteiger partial charge >= 0.3 is 5.82 Å². The molecule has 0 atom stereocenters. The highest BCUT2D eigenvalue weighted by Crippen LogP contribution is 2.28. The SMILES string of the molecule is Cc1cccc(CNc2nc3sccn3c2[N+](=O)[O-])c1. The summed E-state index contributed by atoms with van der Waals surface area (Å²) >= 11 is 1.37. The number of aryl methyl sites for hydroxylation is 1. The fourth-order valence-electron chi connectivity index (χ4n) is 2.07. The molecule has 20 heavy (non-hydrogen) atoms. The second-order valence-corrected chi connectivity index (χ2v) is 5.31. The van der Waals surface area contributed by atoms with Crippen LogP contribution < -0.4 is 5.32 Å². The number of rotatable bonds is 4. The number of benzene rings is 1. The van der Waals surface area contributed by atoms with Crippen LogP contribution >= 0.6 is 11.3 Å². The van der Waals surface area contributed by atoms with Gasteiger partial charge in [-0.3, -0.25) is 0 Å². The van der Waals surface area contributed by atoms with Crippen molar-refractivity contribution in [2.24, 2.45) is 0 Å². The molecule has 0 aliphatic rings. The zero-order valence-electron chi connectivity index (χ0n) is 10.7.